The predicted octanol–water partition coefficient (Wildman–Crippen LogP) is 3.46. The number of nitrogens with one attached hydrogen (secondary N) is 1. The molecular weight excluding hydrogens is 336 g/mol. The van der Waals surface area contributed by atoms with E-state index < -0.39 is 0 Å². The van der Waals surface area contributed by atoms with Gasteiger partial charge in [0, 0.05) is 26.2 Å². The normalized spacial score (nSPS) is 20.4. The van der Waals surface area contributed by atoms with Crippen molar-refractivity contribution < 1.29 is 9.53 Å². The van der Waals surface area contributed by atoms with E-state index in [1.807, 2.05) is 30.3 Å². The minimum atomic E-state index is 0.0577. The van der Waals surface area contributed by atoms with Crippen molar-refractivity contribution in [2.75, 3.05) is 13.1 Å². The molecule has 1 amide bonds. The van der Waals surface area contributed by atoms with E-state index in [2.05, 4.69) is 49.2 Å². The standard InChI is InChI=1S/C23H30N2O2/c1-17-8-10-20(11-9-17)12-23(26)24-13-21-6-4-5-7-22(21)16-25-14-18(2)27-19(3)15-25/h4-11,18-19H,12-16H2,1-3H3,(H,24,26)/t18-,19-/m1/s1. The molecule has 1 saturated heterocycles. The first-order valence-corrected chi connectivity index (χ1v) is 9.76. The van der Waals surface area contributed by atoms with Crippen molar-refractivity contribution in [2.45, 2.75) is 52.5 Å². The molecule has 2 atom stereocenters. The number of aryl methyl sites for hydroxylation is 1. The number of ether oxygens (including phenoxy) is 1. The molecule has 2 aromatic carbocycles. The lowest BCUT2D eigenvalue weighted by Crippen LogP contribution is -2.45. The second-order valence-electron chi connectivity index (χ2n) is 7.66. The number of carbonyl (C=O) groups is 1. The van der Waals surface area contributed by atoms with Crippen molar-refractivity contribution in [3.8, 4) is 0 Å². The number of hydrogen-bond acceptors (Lipinski definition) is 3. The van der Waals surface area contributed by atoms with Crippen LogP contribution in [-0.4, -0.2) is 36.1 Å². The molecule has 0 saturated carbocycles. The molecule has 1 fully saturated rings. The quantitative estimate of drug-likeness (QED) is 0.851. The van der Waals surface area contributed by atoms with E-state index >= 15 is 0 Å². The number of morpholine rings is 1. The Balaban J connectivity index is 1.57. The third-order valence-corrected chi connectivity index (χ3v) is 4.97. The molecule has 0 spiro atoms. The Morgan fingerprint density at radius 2 is 1.67 bits per heavy atom. The van der Waals surface area contributed by atoms with Crippen LogP contribution in [0.3, 0.4) is 0 Å². The molecule has 0 radical (unpaired) electrons. The Labute approximate surface area is 162 Å². The van der Waals surface area contributed by atoms with E-state index in [0.29, 0.717) is 13.0 Å². The Hall–Kier alpha value is -2.17. The SMILES string of the molecule is Cc1ccc(CC(=O)NCc2ccccc2CN2C[C@@H](C)O[C@H](C)C2)cc1. The summed E-state index contributed by atoms with van der Waals surface area (Å²) in [7, 11) is 0. The lowest BCUT2D eigenvalue weighted by atomic mass is 10.1. The van der Waals surface area contributed by atoms with Crippen LogP contribution in [0.15, 0.2) is 48.5 Å². The molecule has 144 valence electrons. The van der Waals surface area contributed by atoms with E-state index in [-0.39, 0.29) is 18.1 Å². The fourth-order valence-electron chi connectivity index (χ4n) is 3.69. The van der Waals surface area contributed by atoms with Crippen molar-refractivity contribution in [1.29, 1.82) is 0 Å². The van der Waals surface area contributed by atoms with Crippen LogP contribution in [0.25, 0.3) is 0 Å². The summed E-state index contributed by atoms with van der Waals surface area (Å²) in [5.74, 6) is 0.0577. The molecule has 4 nitrogen and oxygen atoms in total. The average Bonchev–Trinajstić information content (AvgIpc) is 2.62. The molecule has 2 aromatic rings. The van der Waals surface area contributed by atoms with E-state index in [9.17, 15) is 4.79 Å². The summed E-state index contributed by atoms with van der Waals surface area (Å²) in [6.45, 7) is 9.64. The van der Waals surface area contributed by atoms with E-state index in [1.54, 1.807) is 0 Å². The molecule has 4 heteroatoms. The minimum Gasteiger partial charge on any atom is -0.373 e. The van der Waals surface area contributed by atoms with Gasteiger partial charge in [-0.3, -0.25) is 9.69 Å². The molecular formula is C23H30N2O2. The fraction of sp³-hybridized carbons (Fsp3) is 0.435. The highest BCUT2D eigenvalue weighted by molar-refractivity contribution is 5.78. The largest absolute Gasteiger partial charge is 0.373 e. The first-order chi connectivity index (χ1) is 13.0. The smallest absolute Gasteiger partial charge is 0.224 e. The van der Waals surface area contributed by atoms with Crippen LogP contribution in [0, 0.1) is 6.92 Å². The molecule has 1 N–H and O–H groups in total. The van der Waals surface area contributed by atoms with Gasteiger partial charge in [-0.05, 0) is 37.5 Å². The zero-order valence-corrected chi connectivity index (χ0v) is 16.6. The molecule has 0 unspecified atom stereocenters. The molecule has 27 heavy (non-hydrogen) atoms. The Bertz CT molecular complexity index is 747. The molecule has 3 rings (SSSR count). The third kappa shape index (κ3) is 5.91. The van der Waals surface area contributed by atoms with Crippen LogP contribution in [0.5, 0.6) is 0 Å². The van der Waals surface area contributed by atoms with E-state index in [1.165, 1.54) is 16.7 Å². The van der Waals surface area contributed by atoms with Crippen LogP contribution in [0.2, 0.25) is 0 Å². The lowest BCUT2D eigenvalue weighted by Gasteiger charge is -2.35. The van der Waals surface area contributed by atoms with Crippen LogP contribution in [-0.2, 0) is 29.0 Å². The maximum absolute atomic E-state index is 12.3. The number of amides is 1. The first kappa shape index (κ1) is 19.6. The molecule has 1 aliphatic rings. The van der Waals surface area contributed by atoms with Crippen molar-refractivity contribution in [2.24, 2.45) is 0 Å². The van der Waals surface area contributed by atoms with Crippen molar-refractivity contribution in [3.63, 3.8) is 0 Å². The first-order valence-electron chi connectivity index (χ1n) is 9.76. The van der Waals surface area contributed by atoms with Gasteiger partial charge in [0.1, 0.15) is 0 Å². The summed E-state index contributed by atoms with van der Waals surface area (Å²) in [4.78, 5) is 14.8. The third-order valence-electron chi connectivity index (χ3n) is 4.97. The highest BCUT2D eigenvalue weighted by atomic mass is 16.5. The van der Waals surface area contributed by atoms with Gasteiger partial charge in [-0.25, -0.2) is 0 Å². The van der Waals surface area contributed by atoms with Gasteiger partial charge in [-0.15, -0.1) is 0 Å². The summed E-state index contributed by atoms with van der Waals surface area (Å²) in [5.41, 5.74) is 4.71. The fourth-order valence-corrected chi connectivity index (χ4v) is 3.69. The average molecular weight is 367 g/mol. The van der Waals surface area contributed by atoms with Crippen LogP contribution in [0.1, 0.15) is 36.1 Å². The van der Waals surface area contributed by atoms with Crippen LogP contribution < -0.4 is 5.32 Å². The molecule has 0 aromatic heterocycles. The Morgan fingerprint density at radius 1 is 1.04 bits per heavy atom. The number of benzene rings is 2. The van der Waals surface area contributed by atoms with Gasteiger partial charge in [0.05, 0.1) is 18.6 Å². The summed E-state index contributed by atoms with van der Waals surface area (Å²) in [5, 5.41) is 3.08. The lowest BCUT2D eigenvalue weighted by molar-refractivity contribution is -0.120. The summed E-state index contributed by atoms with van der Waals surface area (Å²) in [6.07, 6.45) is 0.936. The molecule has 0 aliphatic carbocycles. The Kier molecular flexibility index (Phi) is 6.64. The maximum Gasteiger partial charge on any atom is 0.224 e. The monoisotopic (exact) mass is 366 g/mol. The van der Waals surface area contributed by atoms with Crippen molar-refractivity contribution >= 4 is 5.91 Å². The Morgan fingerprint density at radius 3 is 2.33 bits per heavy atom. The van der Waals surface area contributed by atoms with Gasteiger partial charge >= 0.3 is 0 Å². The molecule has 1 aliphatic heterocycles. The highest BCUT2D eigenvalue weighted by Gasteiger charge is 2.22. The van der Waals surface area contributed by atoms with Gasteiger partial charge in [0.25, 0.3) is 0 Å². The van der Waals surface area contributed by atoms with Crippen LogP contribution in [0.4, 0.5) is 0 Å². The zero-order valence-electron chi connectivity index (χ0n) is 16.6. The van der Waals surface area contributed by atoms with Crippen molar-refractivity contribution in [3.05, 3.63) is 70.8 Å². The number of hydrogen-bond donors (Lipinski definition) is 1. The summed E-state index contributed by atoms with van der Waals surface area (Å²) >= 11 is 0. The molecule has 1 heterocycles. The second-order valence-corrected chi connectivity index (χ2v) is 7.66. The summed E-state index contributed by atoms with van der Waals surface area (Å²) < 4.78 is 5.83. The van der Waals surface area contributed by atoms with Gasteiger partial charge < -0.3 is 10.1 Å². The number of carbonyl (C=O) groups excluding carboxylic acids is 1. The predicted molar refractivity (Wildman–Crippen MR) is 108 cm³/mol. The van der Waals surface area contributed by atoms with Crippen LogP contribution >= 0.6 is 0 Å². The van der Waals surface area contributed by atoms with Crippen molar-refractivity contribution in [1.82, 2.24) is 10.2 Å². The number of nitrogens with zero attached hydrogens (tertiary/aromatic N) is 1. The second kappa shape index (κ2) is 9.16. The minimum absolute atomic E-state index is 0.0577. The topological polar surface area (TPSA) is 41.6 Å². The van der Waals surface area contributed by atoms with Gasteiger partial charge in [0.15, 0.2) is 0 Å². The number of rotatable bonds is 6. The highest BCUT2D eigenvalue weighted by Crippen LogP contribution is 2.17. The zero-order chi connectivity index (χ0) is 19.2. The summed E-state index contributed by atoms with van der Waals surface area (Å²) in [6, 6.07) is 16.5. The molecule has 0 bridgehead atoms. The van der Waals surface area contributed by atoms with E-state index in [0.717, 1.165) is 25.2 Å². The van der Waals surface area contributed by atoms with Gasteiger partial charge in [0.2, 0.25) is 5.91 Å². The maximum atomic E-state index is 12.3. The van der Waals surface area contributed by atoms with Gasteiger partial charge in [-0.2, -0.15) is 0 Å². The van der Waals surface area contributed by atoms with E-state index in [4.69, 9.17) is 4.74 Å². The van der Waals surface area contributed by atoms with Gasteiger partial charge in [-0.1, -0.05) is 54.1 Å².